The van der Waals surface area contributed by atoms with E-state index in [1.165, 1.54) is 0 Å². The summed E-state index contributed by atoms with van der Waals surface area (Å²) >= 11 is 0. The van der Waals surface area contributed by atoms with Crippen LogP contribution in [-0.4, -0.2) is 36.6 Å². The summed E-state index contributed by atoms with van der Waals surface area (Å²) in [5.74, 6) is 1.50. The van der Waals surface area contributed by atoms with E-state index in [9.17, 15) is 4.79 Å². The molecule has 140 valence electrons. The van der Waals surface area contributed by atoms with Gasteiger partial charge in [-0.2, -0.15) is 0 Å². The van der Waals surface area contributed by atoms with E-state index in [2.05, 4.69) is 0 Å². The van der Waals surface area contributed by atoms with Crippen LogP contribution < -0.4 is 15.2 Å². The Labute approximate surface area is 160 Å². The van der Waals surface area contributed by atoms with E-state index in [4.69, 9.17) is 15.2 Å². The Kier molecular flexibility index (Phi) is 7.30. The van der Waals surface area contributed by atoms with Crippen LogP contribution in [0.3, 0.4) is 0 Å². The number of nitrogens with two attached hydrogens (primary N) is 1. The molecule has 0 aromatic heterocycles. The lowest BCUT2D eigenvalue weighted by molar-refractivity contribution is -0.133. The average molecular weight is 377 g/mol. The number of likely N-dealkylation sites (N-methyl/N-ethyl adjacent to an activating group) is 1. The van der Waals surface area contributed by atoms with E-state index >= 15 is 0 Å². The molecular weight excluding hydrogens is 352 g/mol. The van der Waals surface area contributed by atoms with Gasteiger partial charge in [0.25, 0.3) is 0 Å². The molecule has 1 heterocycles. The van der Waals surface area contributed by atoms with E-state index in [1.807, 2.05) is 61.5 Å². The highest BCUT2D eigenvalue weighted by Crippen LogP contribution is 2.31. The van der Waals surface area contributed by atoms with Crippen molar-refractivity contribution in [1.82, 2.24) is 4.90 Å². The first-order valence-electron chi connectivity index (χ1n) is 8.64. The number of para-hydroxylation sites is 2. The first kappa shape index (κ1) is 20.1. The molecule has 0 fully saturated rings. The molecule has 2 aromatic carbocycles. The Bertz CT molecular complexity index is 711. The van der Waals surface area contributed by atoms with E-state index in [-0.39, 0.29) is 36.9 Å². The highest BCUT2D eigenvalue weighted by atomic mass is 35.5. The average Bonchev–Trinajstić information content (AvgIpc) is 2.66. The van der Waals surface area contributed by atoms with Crippen LogP contribution >= 0.6 is 12.4 Å². The Balaban J connectivity index is 0.00000243. The van der Waals surface area contributed by atoms with Crippen LogP contribution in [0.25, 0.3) is 0 Å². The van der Waals surface area contributed by atoms with Gasteiger partial charge in [-0.15, -0.1) is 12.4 Å². The summed E-state index contributed by atoms with van der Waals surface area (Å²) in [5.41, 5.74) is 7.15. The number of carbonyl (C=O) groups is 1. The number of amides is 1. The van der Waals surface area contributed by atoms with Crippen molar-refractivity contribution in [1.29, 1.82) is 0 Å². The van der Waals surface area contributed by atoms with Crippen molar-refractivity contribution in [3.8, 4) is 11.5 Å². The van der Waals surface area contributed by atoms with Crippen LogP contribution in [0.15, 0.2) is 54.6 Å². The minimum absolute atomic E-state index is 0. The fourth-order valence-electron chi connectivity index (χ4n) is 2.94. The number of hydrogen-bond acceptors (Lipinski definition) is 4. The van der Waals surface area contributed by atoms with Gasteiger partial charge in [-0.05, 0) is 24.6 Å². The number of nitrogens with zero attached hydrogens (tertiary/aromatic N) is 1. The Morgan fingerprint density at radius 3 is 2.50 bits per heavy atom. The summed E-state index contributed by atoms with van der Waals surface area (Å²) in [6.07, 6.45) is 0.105. The standard InChI is InChI=1S/C20H24N2O3.ClH/c1-2-22(20(23)12-17(21)15-8-4-3-5-9-15)13-16-14-24-18-10-6-7-11-19(18)25-16;/h3-11,16-17H,2,12-14,21H2,1H3;1H. The summed E-state index contributed by atoms with van der Waals surface area (Å²) in [4.78, 5) is 14.4. The predicted molar refractivity (Wildman–Crippen MR) is 104 cm³/mol. The summed E-state index contributed by atoms with van der Waals surface area (Å²) in [5, 5.41) is 0. The minimum Gasteiger partial charge on any atom is -0.486 e. The third kappa shape index (κ3) is 4.90. The summed E-state index contributed by atoms with van der Waals surface area (Å²) in [6.45, 7) is 3.50. The van der Waals surface area contributed by atoms with Crippen molar-refractivity contribution in [2.75, 3.05) is 19.7 Å². The van der Waals surface area contributed by atoms with Crippen molar-refractivity contribution in [2.24, 2.45) is 5.73 Å². The van der Waals surface area contributed by atoms with E-state index in [0.717, 1.165) is 17.1 Å². The SMILES string of the molecule is CCN(CC1COc2ccccc2O1)C(=O)CC(N)c1ccccc1.Cl. The zero-order valence-corrected chi connectivity index (χ0v) is 15.7. The fraction of sp³-hybridized carbons (Fsp3) is 0.350. The number of hydrogen-bond donors (Lipinski definition) is 1. The third-order valence-electron chi connectivity index (χ3n) is 4.35. The van der Waals surface area contributed by atoms with E-state index < -0.39 is 0 Å². The molecule has 2 atom stereocenters. The Hall–Kier alpha value is -2.24. The van der Waals surface area contributed by atoms with Gasteiger partial charge < -0.3 is 20.1 Å². The minimum atomic E-state index is -0.299. The van der Waals surface area contributed by atoms with Crippen LogP contribution in [0.1, 0.15) is 24.9 Å². The first-order valence-corrected chi connectivity index (χ1v) is 8.64. The molecule has 1 amide bonds. The molecule has 2 aromatic rings. The van der Waals surface area contributed by atoms with Gasteiger partial charge in [0.2, 0.25) is 5.91 Å². The van der Waals surface area contributed by atoms with Crippen LogP contribution in [0, 0.1) is 0 Å². The number of benzene rings is 2. The van der Waals surface area contributed by atoms with Crippen LogP contribution in [0.2, 0.25) is 0 Å². The predicted octanol–water partition coefficient (Wildman–Crippen LogP) is 3.19. The molecule has 0 saturated heterocycles. The molecule has 0 spiro atoms. The molecule has 0 bridgehead atoms. The largest absolute Gasteiger partial charge is 0.486 e. The molecule has 0 radical (unpaired) electrons. The lowest BCUT2D eigenvalue weighted by Gasteiger charge is -2.31. The molecule has 2 N–H and O–H groups in total. The highest BCUT2D eigenvalue weighted by molar-refractivity contribution is 5.85. The van der Waals surface area contributed by atoms with Gasteiger partial charge in [0.1, 0.15) is 6.61 Å². The molecule has 3 rings (SSSR count). The molecular formula is C20H25ClN2O3. The summed E-state index contributed by atoms with van der Waals surface area (Å²) in [6, 6.07) is 17.0. The molecule has 1 aliphatic heterocycles. The van der Waals surface area contributed by atoms with Crippen molar-refractivity contribution in [3.05, 3.63) is 60.2 Å². The number of fused-ring (bicyclic) bond motifs is 1. The molecule has 5 nitrogen and oxygen atoms in total. The van der Waals surface area contributed by atoms with Gasteiger partial charge in [-0.1, -0.05) is 42.5 Å². The quantitative estimate of drug-likeness (QED) is 0.840. The van der Waals surface area contributed by atoms with Crippen molar-refractivity contribution in [2.45, 2.75) is 25.5 Å². The molecule has 0 aliphatic carbocycles. The zero-order chi connectivity index (χ0) is 17.6. The maximum atomic E-state index is 12.6. The van der Waals surface area contributed by atoms with Crippen LogP contribution in [0.4, 0.5) is 0 Å². The van der Waals surface area contributed by atoms with Crippen molar-refractivity contribution < 1.29 is 14.3 Å². The van der Waals surface area contributed by atoms with Gasteiger partial charge in [-0.3, -0.25) is 4.79 Å². The van der Waals surface area contributed by atoms with E-state index in [1.54, 1.807) is 4.90 Å². The number of halogens is 1. The molecule has 0 saturated carbocycles. The molecule has 2 unspecified atom stereocenters. The Morgan fingerprint density at radius 2 is 1.81 bits per heavy atom. The van der Waals surface area contributed by atoms with Gasteiger partial charge in [-0.25, -0.2) is 0 Å². The lowest BCUT2D eigenvalue weighted by atomic mass is 10.0. The summed E-state index contributed by atoms with van der Waals surface area (Å²) < 4.78 is 11.7. The fourth-order valence-corrected chi connectivity index (χ4v) is 2.94. The second kappa shape index (κ2) is 9.46. The molecule has 6 heteroatoms. The van der Waals surface area contributed by atoms with Crippen LogP contribution in [-0.2, 0) is 4.79 Å². The first-order chi connectivity index (χ1) is 12.2. The van der Waals surface area contributed by atoms with Gasteiger partial charge >= 0.3 is 0 Å². The van der Waals surface area contributed by atoms with Gasteiger partial charge in [0, 0.05) is 19.0 Å². The second-order valence-corrected chi connectivity index (χ2v) is 6.15. The lowest BCUT2D eigenvalue weighted by Crippen LogP contribution is -2.44. The topological polar surface area (TPSA) is 64.8 Å². The smallest absolute Gasteiger partial charge is 0.224 e. The summed E-state index contributed by atoms with van der Waals surface area (Å²) in [7, 11) is 0. The van der Waals surface area contributed by atoms with Crippen LogP contribution in [0.5, 0.6) is 11.5 Å². The van der Waals surface area contributed by atoms with Crippen molar-refractivity contribution >= 4 is 18.3 Å². The second-order valence-electron chi connectivity index (χ2n) is 6.15. The van der Waals surface area contributed by atoms with Crippen molar-refractivity contribution in [3.63, 3.8) is 0 Å². The number of carbonyl (C=O) groups excluding carboxylic acids is 1. The zero-order valence-electron chi connectivity index (χ0n) is 14.8. The number of ether oxygens (including phenoxy) is 2. The normalized spacial score (nSPS) is 16.3. The maximum absolute atomic E-state index is 12.6. The van der Waals surface area contributed by atoms with Gasteiger partial charge in [0.15, 0.2) is 17.6 Å². The Morgan fingerprint density at radius 1 is 1.15 bits per heavy atom. The molecule has 1 aliphatic rings. The number of rotatable bonds is 6. The monoisotopic (exact) mass is 376 g/mol. The molecule has 26 heavy (non-hydrogen) atoms. The maximum Gasteiger partial charge on any atom is 0.224 e. The van der Waals surface area contributed by atoms with E-state index in [0.29, 0.717) is 19.7 Å². The third-order valence-corrected chi connectivity index (χ3v) is 4.35. The van der Waals surface area contributed by atoms with Gasteiger partial charge in [0.05, 0.1) is 6.54 Å². The highest BCUT2D eigenvalue weighted by Gasteiger charge is 2.25.